The Bertz CT molecular complexity index is 1410. The SMILES string of the molecule is CN(C)CCCNS(C)(=O)=O.COc1cc([N+](=O)[O-])ccc1N=NC(C(C)=O)C(=O)Cc1ccccc1.CS(=O)(=O)O. The van der Waals surface area contributed by atoms with E-state index < -0.39 is 36.9 Å². The standard InChI is InChI=1S/C18H17N3O5.C6H16N2O2S.CH4O3S/c1-12(22)18(16(23)10-13-6-4-3-5-7-13)20-19-15-9-8-14(21(24)25)11-17(15)26-2;1-8(2)6-4-5-7-11(3,9)10;1-5(2,3)4/h3-9,11,18H,10H2,1-2H3;7H,4-6H2,1-3H3;1H3,(H,2,3,4). The number of nitro benzene ring substituents is 1. The molecule has 1 atom stereocenters. The number of nitrogens with one attached hydrogen (secondary N) is 1. The van der Waals surface area contributed by atoms with Crippen LogP contribution in [-0.2, 0) is 36.2 Å². The third-order valence-electron chi connectivity index (χ3n) is 4.71. The zero-order valence-corrected chi connectivity index (χ0v) is 25.9. The van der Waals surface area contributed by atoms with E-state index in [-0.39, 0.29) is 29.3 Å². The molecule has 17 heteroatoms. The maximum atomic E-state index is 12.4. The fraction of sp³-hybridized carbons (Fsp3) is 0.440. The fourth-order valence-electron chi connectivity index (χ4n) is 2.90. The third-order valence-corrected chi connectivity index (χ3v) is 5.44. The van der Waals surface area contributed by atoms with Gasteiger partial charge in [0.1, 0.15) is 5.69 Å². The molecule has 0 aliphatic rings. The summed E-state index contributed by atoms with van der Waals surface area (Å²) in [5.74, 6) is -0.690. The van der Waals surface area contributed by atoms with Crippen LogP contribution in [0.3, 0.4) is 0 Å². The highest BCUT2D eigenvalue weighted by molar-refractivity contribution is 7.88. The van der Waals surface area contributed by atoms with Gasteiger partial charge in [-0.1, -0.05) is 30.3 Å². The summed E-state index contributed by atoms with van der Waals surface area (Å²) in [6.45, 7) is 2.69. The molecule has 0 radical (unpaired) electrons. The first-order chi connectivity index (χ1) is 19.3. The topological polar surface area (TPSA) is 215 Å². The van der Waals surface area contributed by atoms with E-state index >= 15 is 0 Å². The number of azo groups is 1. The zero-order chi connectivity index (χ0) is 32.5. The average Bonchev–Trinajstić information content (AvgIpc) is 2.86. The summed E-state index contributed by atoms with van der Waals surface area (Å²) in [6, 6.07) is 11.5. The second-order valence-electron chi connectivity index (χ2n) is 9.03. The molecule has 0 fully saturated rings. The number of nitro groups is 1. The van der Waals surface area contributed by atoms with Gasteiger partial charge in [-0.15, -0.1) is 0 Å². The molecule has 2 aromatic carbocycles. The van der Waals surface area contributed by atoms with Crippen LogP contribution >= 0.6 is 0 Å². The van der Waals surface area contributed by atoms with Gasteiger partial charge >= 0.3 is 0 Å². The van der Waals surface area contributed by atoms with Gasteiger partial charge in [-0.2, -0.15) is 18.6 Å². The first-order valence-electron chi connectivity index (χ1n) is 12.2. The van der Waals surface area contributed by atoms with Gasteiger partial charge in [0.05, 0.1) is 30.6 Å². The van der Waals surface area contributed by atoms with E-state index in [4.69, 9.17) is 9.29 Å². The number of methoxy groups -OCH3 is 1. The molecule has 15 nitrogen and oxygen atoms in total. The van der Waals surface area contributed by atoms with Crippen LogP contribution in [0.2, 0.25) is 0 Å². The highest BCUT2D eigenvalue weighted by Crippen LogP contribution is 2.31. The molecule has 0 bridgehead atoms. The molecule has 234 valence electrons. The monoisotopic (exact) mass is 631 g/mol. The Morgan fingerprint density at radius 3 is 2.12 bits per heavy atom. The number of sulfonamides is 1. The smallest absolute Gasteiger partial charge is 0.273 e. The molecule has 0 aliphatic carbocycles. The van der Waals surface area contributed by atoms with Crippen molar-refractivity contribution in [1.82, 2.24) is 9.62 Å². The first-order valence-corrected chi connectivity index (χ1v) is 15.9. The summed E-state index contributed by atoms with van der Waals surface area (Å²) in [5, 5.41) is 18.6. The molecular weight excluding hydrogens is 594 g/mol. The minimum Gasteiger partial charge on any atom is -0.494 e. The van der Waals surface area contributed by atoms with Crippen molar-refractivity contribution in [2.24, 2.45) is 10.2 Å². The van der Waals surface area contributed by atoms with Crippen LogP contribution in [0, 0.1) is 10.1 Å². The van der Waals surface area contributed by atoms with Gasteiger partial charge < -0.3 is 9.64 Å². The van der Waals surface area contributed by atoms with Gasteiger partial charge in [0.2, 0.25) is 10.0 Å². The Hall–Kier alpha value is -3.64. The molecule has 0 spiro atoms. The Balaban J connectivity index is 0.000000868. The molecule has 2 aromatic rings. The first kappa shape index (κ1) is 38.4. The number of nitrogens with zero attached hydrogens (tertiary/aromatic N) is 4. The second kappa shape index (κ2) is 18.7. The Morgan fingerprint density at radius 2 is 1.67 bits per heavy atom. The number of rotatable bonds is 13. The summed E-state index contributed by atoms with van der Waals surface area (Å²) in [6.07, 6.45) is 2.79. The number of benzene rings is 2. The van der Waals surface area contributed by atoms with E-state index in [2.05, 4.69) is 15.0 Å². The molecule has 0 amide bonds. The lowest BCUT2D eigenvalue weighted by Crippen LogP contribution is -2.27. The Labute approximate surface area is 245 Å². The molecule has 0 saturated carbocycles. The van der Waals surface area contributed by atoms with Crippen molar-refractivity contribution < 1.29 is 40.6 Å². The van der Waals surface area contributed by atoms with E-state index in [0.29, 0.717) is 12.8 Å². The van der Waals surface area contributed by atoms with Crippen molar-refractivity contribution in [3.63, 3.8) is 0 Å². The van der Waals surface area contributed by atoms with Gasteiger partial charge in [-0.3, -0.25) is 24.3 Å². The maximum absolute atomic E-state index is 12.4. The summed E-state index contributed by atoms with van der Waals surface area (Å²) in [4.78, 5) is 36.4. The minimum atomic E-state index is -3.67. The summed E-state index contributed by atoms with van der Waals surface area (Å²) in [5.41, 5.74) is 0.799. The molecule has 0 saturated heterocycles. The normalized spacial score (nSPS) is 12.0. The Kier molecular flexibility index (Phi) is 17.1. The quantitative estimate of drug-likeness (QED) is 0.0817. The van der Waals surface area contributed by atoms with Crippen LogP contribution in [0.5, 0.6) is 5.75 Å². The summed E-state index contributed by atoms with van der Waals surface area (Å²) >= 11 is 0. The fourth-order valence-corrected chi connectivity index (χ4v) is 3.42. The van der Waals surface area contributed by atoms with Crippen LogP contribution in [0.4, 0.5) is 11.4 Å². The number of ether oxygens (including phenoxy) is 1. The minimum absolute atomic E-state index is 0.0570. The van der Waals surface area contributed by atoms with E-state index in [1.165, 1.54) is 38.5 Å². The number of carbonyl (C=O) groups excluding carboxylic acids is 2. The number of non-ortho nitro benzene ring substituents is 1. The summed E-state index contributed by atoms with van der Waals surface area (Å²) in [7, 11) is -1.41. The van der Waals surface area contributed by atoms with Crippen LogP contribution in [0.25, 0.3) is 0 Å². The molecular formula is C25H37N5O10S2. The maximum Gasteiger partial charge on any atom is 0.273 e. The van der Waals surface area contributed by atoms with Gasteiger partial charge in [-0.05, 0) is 45.6 Å². The molecule has 0 heterocycles. The summed E-state index contributed by atoms with van der Waals surface area (Å²) < 4.78 is 54.5. The highest BCUT2D eigenvalue weighted by Gasteiger charge is 2.23. The van der Waals surface area contributed by atoms with Crippen molar-refractivity contribution in [2.75, 3.05) is 46.8 Å². The van der Waals surface area contributed by atoms with E-state index in [1.807, 2.05) is 25.1 Å². The largest absolute Gasteiger partial charge is 0.494 e. The third kappa shape index (κ3) is 19.4. The van der Waals surface area contributed by atoms with Crippen LogP contribution < -0.4 is 9.46 Å². The number of carbonyl (C=O) groups is 2. The number of hydrogen-bond donors (Lipinski definition) is 2. The van der Waals surface area contributed by atoms with Gasteiger partial charge in [-0.25, -0.2) is 13.1 Å². The van der Waals surface area contributed by atoms with Crippen LogP contribution in [-0.4, -0.2) is 95.6 Å². The van der Waals surface area contributed by atoms with Crippen LogP contribution in [0.15, 0.2) is 58.8 Å². The molecule has 1 unspecified atom stereocenters. The van der Waals surface area contributed by atoms with Crippen molar-refractivity contribution in [3.05, 3.63) is 64.2 Å². The van der Waals surface area contributed by atoms with Crippen LogP contribution in [0.1, 0.15) is 18.9 Å². The predicted octanol–water partition coefficient (Wildman–Crippen LogP) is 2.45. The van der Waals surface area contributed by atoms with E-state index in [1.54, 1.807) is 24.3 Å². The lowest BCUT2D eigenvalue weighted by molar-refractivity contribution is -0.384. The lowest BCUT2D eigenvalue weighted by atomic mass is 10.0. The van der Waals surface area contributed by atoms with Crippen molar-refractivity contribution in [3.8, 4) is 5.75 Å². The van der Waals surface area contributed by atoms with Crippen molar-refractivity contribution in [2.45, 2.75) is 25.8 Å². The second-order valence-corrected chi connectivity index (χ2v) is 12.3. The van der Waals surface area contributed by atoms with Crippen molar-refractivity contribution >= 4 is 43.1 Å². The van der Waals surface area contributed by atoms with E-state index in [0.717, 1.165) is 18.5 Å². The lowest BCUT2D eigenvalue weighted by Gasteiger charge is -2.08. The van der Waals surface area contributed by atoms with Gasteiger partial charge in [0, 0.05) is 19.0 Å². The van der Waals surface area contributed by atoms with E-state index in [9.17, 15) is 36.5 Å². The highest BCUT2D eigenvalue weighted by atomic mass is 32.2. The molecule has 2 rings (SSSR count). The number of Topliss-reactive ketones (excluding diaryl/α,β-unsaturated/α-hetero) is 2. The van der Waals surface area contributed by atoms with Crippen molar-refractivity contribution in [1.29, 1.82) is 0 Å². The molecule has 42 heavy (non-hydrogen) atoms. The number of hydrogen-bond acceptors (Lipinski definition) is 12. The van der Waals surface area contributed by atoms with Gasteiger partial charge in [0.15, 0.2) is 23.4 Å². The average molecular weight is 632 g/mol. The van der Waals surface area contributed by atoms with Gasteiger partial charge in [0.25, 0.3) is 15.8 Å². The number of ketones is 2. The predicted molar refractivity (Wildman–Crippen MR) is 157 cm³/mol. The molecule has 0 aromatic heterocycles. The molecule has 2 N–H and O–H groups in total. The molecule has 0 aliphatic heterocycles. The zero-order valence-electron chi connectivity index (χ0n) is 24.3. The Morgan fingerprint density at radius 1 is 1.10 bits per heavy atom.